The molecular formula is C15H23BrN2. The van der Waals surface area contributed by atoms with Crippen molar-refractivity contribution in [2.75, 3.05) is 25.0 Å². The summed E-state index contributed by atoms with van der Waals surface area (Å²) in [5.41, 5.74) is 1.24. The number of hydrogen-bond donors (Lipinski definition) is 1. The largest absolute Gasteiger partial charge is 0.382 e. The molecule has 1 heterocycles. The minimum absolute atomic E-state index is 0.634. The quantitative estimate of drug-likeness (QED) is 0.905. The Morgan fingerprint density at radius 3 is 2.39 bits per heavy atom. The van der Waals surface area contributed by atoms with E-state index in [1.54, 1.807) is 0 Å². The van der Waals surface area contributed by atoms with Crippen molar-refractivity contribution in [2.45, 2.75) is 32.7 Å². The van der Waals surface area contributed by atoms with E-state index in [1.807, 2.05) is 0 Å². The molecule has 1 fully saturated rings. The Kier molecular flexibility index (Phi) is 5.07. The van der Waals surface area contributed by atoms with E-state index in [-0.39, 0.29) is 0 Å². The van der Waals surface area contributed by atoms with E-state index in [4.69, 9.17) is 0 Å². The second-order valence-electron chi connectivity index (χ2n) is 5.62. The van der Waals surface area contributed by atoms with Gasteiger partial charge in [-0.1, -0.05) is 29.8 Å². The van der Waals surface area contributed by atoms with Crippen LogP contribution in [0.15, 0.2) is 28.7 Å². The molecule has 0 amide bonds. The van der Waals surface area contributed by atoms with Crippen molar-refractivity contribution in [3.05, 3.63) is 28.7 Å². The normalized spacial score (nSPS) is 18.2. The molecule has 0 aliphatic carbocycles. The van der Waals surface area contributed by atoms with Crippen LogP contribution in [0, 0.1) is 5.92 Å². The van der Waals surface area contributed by atoms with Crippen LogP contribution >= 0.6 is 15.9 Å². The maximum absolute atomic E-state index is 3.63. The van der Waals surface area contributed by atoms with Gasteiger partial charge in [0, 0.05) is 35.8 Å². The third-order valence-corrected chi connectivity index (χ3v) is 3.95. The van der Waals surface area contributed by atoms with Crippen LogP contribution in [-0.4, -0.2) is 30.6 Å². The molecule has 1 aromatic rings. The summed E-state index contributed by atoms with van der Waals surface area (Å²) in [5, 5.41) is 3.63. The molecule has 1 aromatic carbocycles. The van der Waals surface area contributed by atoms with Crippen molar-refractivity contribution in [3.8, 4) is 0 Å². The molecule has 100 valence electrons. The Balaban J connectivity index is 1.78. The van der Waals surface area contributed by atoms with Crippen molar-refractivity contribution in [3.63, 3.8) is 0 Å². The third-order valence-electron chi connectivity index (χ3n) is 3.43. The molecule has 0 aromatic heterocycles. The van der Waals surface area contributed by atoms with E-state index in [2.05, 4.69) is 64.3 Å². The zero-order valence-corrected chi connectivity index (χ0v) is 12.9. The molecule has 0 unspecified atom stereocenters. The van der Waals surface area contributed by atoms with Crippen LogP contribution in [0.25, 0.3) is 0 Å². The molecule has 0 saturated carbocycles. The van der Waals surface area contributed by atoms with E-state index in [1.165, 1.54) is 38.2 Å². The number of piperidine rings is 1. The molecule has 2 rings (SSSR count). The number of rotatable bonds is 4. The molecule has 1 N–H and O–H groups in total. The Labute approximate surface area is 119 Å². The summed E-state index contributed by atoms with van der Waals surface area (Å²) in [6, 6.07) is 9.11. The first-order valence-corrected chi connectivity index (χ1v) is 7.67. The molecule has 3 heteroatoms. The first-order chi connectivity index (χ1) is 8.63. The van der Waals surface area contributed by atoms with Crippen LogP contribution in [-0.2, 0) is 0 Å². The van der Waals surface area contributed by atoms with Gasteiger partial charge in [0.1, 0.15) is 0 Å². The van der Waals surface area contributed by atoms with Crippen LogP contribution in [0.4, 0.5) is 5.69 Å². The predicted octanol–water partition coefficient (Wildman–Crippen LogP) is 3.98. The van der Waals surface area contributed by atoms with Gasteiger partial charge in [-0.3, -0.25) is 0 Å². The summed E-state index contributed by atoms with van der Waals surface area (Å²) in [4.78, 5) is 2.59. The maximum atomic E-state index is 3.63. The highest BCUT2D eigenvalue weighted by Crippen LogP contribution is 2.19. The third kappa shape index (κ3) is 4.29. The Morgan fingerprint density at radius 2 is 1.83 bits per heavy atom. The van der Waals surface area contributed by atoms with E-state index in [9.17, 15) is 0 Å². The highest BCUT2D eigenvalue weighted by Gasteiger charge is 2.19. The highest BCUT2D eigenvalue weighted by atomic mass is 79.9. The molecule has 18 heavy (non-hydrogen) atoms. The molecule has 2 nitrogen and oxygen atoms in total. The number of likely N-dealkylation sites (tertiary alicyclic amines) is 1. The summed E-state index contributed by atoms with van der Waals surface area (Å²) in [6.45, 7) is 8.29. The van der Waals surface area contributed by atoms with Crippen molar-refractivity contribution in [2.24, 2.45) is 5.92 Å². The van der Waals surface area contributed by atoms with Gasteiger partial charge >= 0.3 is 0 Å². The van der Waals surface area contributed by atoms with Gasteiger partial charge in [0.15, 0.2) is 0 Å². The number of anilines is 1. The van der Waals surface area contributed by atoms with Gasteiger partial charge in [-0.15, -0.1) is 0 Å². The molecule has 0 bridgehead atoms. The lowest BCUT2D eigenvalue weighted by atomic mass is 10.0. The van der Waals surface area contributed by atoms with Gasteiger partial charge in [0.2, 0.25) is 0 Å². The summed E-state index contributed by atoms with van der Waals surface area (Å²) in [6.07, 6.45) is 2.51. The van der Waals surface area contributed by atoms with Crippen LogP contribution in [0.2, 0.25) is 0 Å². The minimum Gasteiger partial charge on any atom is -0.382 e. The first-order valence-electron chi connectivity index (χ1n) is 6.88. The van der Waals surface area contributed by atoms with Crippen LogP contribution < -0.4 is 5.32 Å². The topological polar surface area (TPSA) is 15.3 Å². The first kappa shape index (κ1) is 13.9. The lowest BCUT2D eigenvalue weighted by molar-refractivity contribution is 0.198. The SMILES string of the molecule is CC(C)CN1CCC(Nc2ccc(Br)cc2)CC1. The van der Waals surface area contributed by atoms with Gasteiger partial charge in [-0.2, -0.15) is 0 Å². The number of halogens is 1. The zero-order chi connectivity index (χ0) is 13.0. The predicted molar refractivity (Wildman–Crippen MR) is 82.1 cm³/mol. The summed E-state index contributed by atoms with van der Waals surface area (Å²) < 4.78 is 1.14. The summed E-state index contributed by atoms with van der Waals surface area (Å²) in [5.74, 6) is 0.779. The van der Waals surface area contributed by atoms with E-state index in [0.717, 1.165) is 10.4 Å². The zero-order valence-electron chi connectivity index (χ0n) is 11.3. The van der Waals surface area contributed by atoms with Gasteiger partial charge in [0.05, 0.1) is 0 Å². The van der Waals surface area contributed by atoms with Crippen LogP contribution in [0.1, 0.15) is 26.7 Å². The second kappa shape index (κ2) is 6.58. The molecule has 0 atom stereocenters. The fourth-order valence-corrected chi connectivity index (χ4v) is 2.82. The lowest BCUT2D eigenvalue weighted by Gasteiger charge is -2.33. The van der Waals surface area contributed by atoms with E-state index >= 15 is 0 Å². The van der Waals surface area contributed by atoms with Crippen LogP contribution in [0.3, 0.4) is 0 Å². The Bertz CT molecular complexity index is 353. The lowest BCUT2D eigenvalue weighted by Crippen LogP contribution is -2.40. The molecule has 1 aliphatic rings. The highest BCUT2D eigenvalue weighted by molar-refractivity contribution is 9.10. The number of benzene rings is 1. The fraction of sp³-hybridized carbons (Fsp3) is 0.600. The molecule has 0 spiro atoms. The fourth-order valence-electron chi connectivity index (χ4n) is 2.56. The molecule has 0 radical (unpaired) electrons. The monoisotopic (exact) mass is 310 g/mol. The molecular weight excluding hydrogens is 288 g/mol. The van der Waals surface area contributed by atoms with Crippen molar-refractivity contribution in [1.29, 1.82) is 0 Å². The smallest absolute Gasteiger partial charge is 0.0343 e. The van der Waals surface area contributed by atoms with Crippen molar-refractivity contribution in [1.82, 2.24) is 4.90 Å². The average molecular weight is 311 g/mol. The van der Waals surface area contributed by atoms with E-state index in [0.29, 0.717) is 6.04 Å². The van der Waals surface area contributed by atoms with Crippen molar-refractivity contribution >= 4 is 21.6 Å². The maximum Gasteiger partial charge on any atom is 0.0343 e. The van der Waals surface area contributed by atoms with Gasteiger partial charge in [-0.25, -0.2) is 0 Å². The second-order valence-corrected chi connectivity index (χ2v) is 6.54. The summed E-state index contributed by atoms with van der Waals surface area (Å²) >= 11 is 3.47. The van der Waals surface area contributed by atoms with E-state index < -0.39 is 0 Å². The van der Waals surface area contributed by atoms with Gasteiger partial charge in [0.25, 0.3) is 0 Å². The minimum atomic E-state index is 0.634. The average Bonchev–Trinajstić information content (AvgIpc) is 2.34. The number of nitrogens with one attached hydrogen (secondary N) is 1. The molecule has 1 saturated heterocycles. The Hall–Kier alpha value is -0.540. The van der Waals surface area contributed by atoms with Gasteiger partial charge in [-0.05, 0) is 43.0 Å². The van der Waals surface area contributed by atoms with Crippen molar-refractivity contribution < 1.29 is 0 Å². The summed E-state index contributed by atoms with van der Waals surface area (Å²) in [7, 11) is 0. The number of nitrogens with zero attached hydrogens (tertiary/aromatic N) is 1. The Morgan fingerprint density at radius 1 is 1.22 bits per heavy atom. The number of hydrogen-bond acceptors (Lipinski definition) is 2. The van der Waals surface area contributed by atoms with Crippen LogP contribution in [0.5, 0.6) is 0 Å². The van der Waals surface area contributed by atoms with Gasteiger partial charge < -0.3 is 10.2 Å². The standard InChI is InChI=1S/C15H23BrN2/c1-12(2)11-18-9-7-15(8-10-18)17-14-5-3-13(16)4-6-14/h3-6,12,15,17H,7-11H2,1-2H3. The molecule has 1 aliphatic heterocycles.